The molecule has 1 aromatic rings. The summed E-state index contributed by atoms with van der Waals surface area (Å²) in [6.45, 7) is 0.706. The number of hydrogen-bond donors (Lipinski definition) is 1. The van der Waals surface area contributed by atoms with Crippen molar-refractivity contribution in [2.75, 3.05) is 13.2 Å². The molecule has 1 aliphatic heterocycles. The predicted octanol–water partition coefficient (Wildman–Crippen LogP) is 1.31. The lowest BCUT2D eigenvalue weighted by atomic mass is 9.88. The number of aliphatic hydroxyl groups excluding tert-OH is 1. The van der Waals surface area contributed by atoms with Gasteiger partial charge in [-0.1, -0.05) is 24.1 Å². The van der Waals surface area contributed by atoms with Crippen molar-refractivity contribution < 1.29 is 14.6 Å². The second-order valence-electron chi connectivity index (χ2n) is 4.07. The SMILES string of the molecule is C#Cc1ccccc1C(O)C1COCCC1=O. The Bertz CT molecular complexity index is 459. The summed E-state index contributed by atoms with van der Waals surface area (Å²) in [4.78, 5) is 11.7. The van der Waals surface area contributed by atoms with E-state index in [2.05, 4.69) is 5.92 Å². The van der Waals surface area contributed by atoms with Crippen LogP contribution in [-0.4, -0.2) is 24.1 Å². The van der Waals surface area contributed by atoms with Gasteiger partial charge < -0.3 is 9.84 Å². The van der Waals surface area contributed by atoms with Crippen LogP contribution in [0.1, 0.15) is 23.7 Å². The van der Waals surface area contributed by atoms with Crippen molar-refractivity contribution in [2.24, 2.45) is 5.92 Å². The number of carbonyl (C=O) groups is 1. The number of terminal acetylenes is 1. The third-order valence-electron chi connectivity index (χ3n) is 3.02. The molecule has 0 bridgehead atoms. The van der Waals surface area contributed by atoms with E-state index in [4.69, 9.17) is 11.2 Å². The molecule has 2 rings (SSSR count). The van der Waals surface area contributed by atoms with Crippen LogP contribution in [0.3, 0.4) is 0 Å². The zero-order valence-electron chi connectivity index (χ0n) is 9.43. The summed E-state index contributed by atoms with van der Waals surface area (Å²) in [6, 6.07) is 7.12. The maximum Gasteiger partial charge on any atom is 0.143 e. The molecule has 1 heterocycles. The quantitative estimate of drug-likeness (QED) is 0.779. The van der Waals surface area contributed by atoms with E-state index >= 15 is 0 Å². The Balaban J connectivity index is 2.27. The summed E-state index contributed by atoms with van der Waals surface area (Å²) in [5.74, 6) is 2.05. The van der Waals surface area contributed by atoms with Crippen molar-refractivity contribution >= 4 is 5.78 Å². The zero-order chi connectivity index (χ0) is 12.3. The fraction of sp³-hybridized carbons (Fsp3) is 0.357. The molecule has 1 N–H and O–H groups in total. The van der Waals surface area contributed by atoms with E-state index in [-0.39, 0.29) is 12.4 Å². The van der Waals surface area contributed by atoms with E-state index in [0.717, 1.165) is 0 Å². The Labute approximate surface area is 100 Å². The average molecular weight is 230 g/mol. The molecule has 1 aliphatic rings. The molecule has 3 nitrogen and oxygen atoms in total. The third kappa shape index (κ3) is 2.38. The first-order chi connectivity index (χ1) is 8.24. The van der Waals surface area contributed by atoms with Gasteiger partial charge in [0, 0.05) is 12.0 Å². The summed E-state index contributed by atoms with van der Waals surface area (Å²) >= 11 is 0. The van der Waals surface area contributed by atoms with Gasteiger partial charge in [-0.15, -0.1) is 6.42 Å². The second-order valence-corrected chi connectivity index (χ2v) is 4.07. The van der Waals surface area contributed by atoms with Gasteiger partial charge >= 0.3 is 0 Å². The molecule has 17 heavy (non-hydrogen) atoms. The van der Waals surface area contributed by atoms with Crippen LogP contribution in [0.2, 0.25) is 0 Å². The largest absolute Gasteiger partial charge is 0.388 e. The maximum atomic E-state index is 11.7. The molecule has 0 saturated carbocycles. The maximum absolute atomic E-state index is 11.7. The van der Waals surface area contributed by atoms with Gasteiger partial charge in [0.15, 0.2) is 0 Å². The zero-order valence-corrected chi connectivity index (χ0v) is 9.43. The highest BCUT2D eigenvalue weighted by Gasteiger charge is 2.31. The molecule has 0 aliphatic carbocycles. The Morgan fingerprint density at radius 2 is 2.24 bits per heavy atom. The standard InChI is InChI=1S/C14H14O3/c1-2-10-5-3-4-6-11(10)14(16)12-9-17-8-7-13(12)15/h1,3-6,12,14,16H,7-9H2. The summed E-state index contributed by atoms with van der Waals surface area (Å²) in [7, 11) is 0. The minimum Gasteiger partial charge on any atom is -0.388 e. The van der Waals surface area contributed by atoms with Gasteiger partial charge in [-0.25, -0.2) is 0 Å². The van der Waals surface area contributed by atoms with Crippen molar-refractivity contribution in [2.45, 2.75) is 12.5 Å². The predicted molar refractivity (Wildman–Crippen MR) is 63.3 cm³/mol. The van der Waals surface area contributed by atoms with Gasteiger partial charge in [-0.3, -0.25) is 4.79 Å². The molecule has 0 spiro atoms. The second kappa shape index (κ2) is 5.13. The monoisotopic (exact) mass is 230 g/mol. The molecule has 0 amide bonds. The molecule has 0 aromatic heterocycles. The van der Waals surface area contributed by atoms with E-state index in [9.17, 15) is 9.90 Å². The fourth-order valence-electron chi connectivity index (χ4n) is 2.03. The number of benzene rings is 1. The van der Waals surface area contributed by atoms with Crippen LogP contribution in [0.15, 0.2) is 24.3 Å². The lowest BCUT2D eigenvalue weighted by Crippen LogP contribution is -2.32. The van der Waals surface area contributed by atoms with Crippen molar-refractivity contribution in [3.8, 4) is 12.3 Å². The van der Waals surface area contributed by atoms with Crippen LogP contribution in [0, 0.1) is 18.3 Å². The molecule has 1 saturated heterocycles. The first-order valence-electron chi connectivity index (χ1n) is 5.58. The van der Waals surface area contributed by atoms with Gasteiger partial charge in [0.1, 0.15) is 5.78 Å². The fourth-order valence-corrected chi connectivity index (χ4v) is 2.03. The third-order valence-corrected chi connectivity index (χ3v) is 3.02. The molecule has 3 heteroatoms. The number of Topliss-reactive ketones (excluding diaryl/α,β-unsaturated/α-hetero) is 1. The van der Waals surface area contributed by atoms with Gasteiger partial charge in [-0.2, -0.15) is 0 Å². The Kier molecular flexibility index (Phi) is 3.58. The van der Waals surface area contributed by atoms with Gasteiger partial charge in [0.2, 0.25) is 0 Å². The van der Waals surface area contributed by atoms with Crippen LogP contribution in [-0.2, 0) is 9.53 Å². The summed E-state index contributed by atoms with van der Waals surface area (Å²) in [6.07, 6.45) is 4.86. The average Bonchev–Trinajstić information content (AvgIpc) is 2.38. The Hall–Kier alpha value is -1.63. The highest BCUT2D eigenvalue weighted by atomic mass is 16.5. The normalized spacial score (nSPS) is 21.9. The van der Waals surface area contributed by atoms with Gasteiger partial charge in [0.05, 0.1) is 25.2 Å². The van der Waals surface area contributed by atoms with Crippen LogP contribution < -0.4 is 0 Å². The van der Waals surface area contributed by atoms with E-state index in [0.29, 0.717) is 24.2 Å². The van der Waals surface area contributed by atoms with Gasteiger partial charge in [-0.05, 0) is 11.6 Å². The minimum absolute atomic E-state index is 0.0376. The first kappa shape index (κ1) is 11.8. The van der Waals surface area contributed by atoms with Crippen molar-refractivity contribution in [3.05, 3.63) is 35.4 Å². The van der Waals surface area contributed by atoms with E-state index in [1.165, 1.54) is 0 Å². The highest BCUT2D eigenvalue weighted by molar-refractivity contribution is 5.82. The summed E-state index contributed by atoms with van der Waals surface area (Å²) < 4.78 is 5.24. The van der Waals surface area contributed by atoms with Crippen LogP contribution in [0.4, 0.5) is 0 Å². The molecular weight excluding hydrogens is 216 g/mol. The molecule has 2 atom stereocenters. The number of rotatable bonds is 2. The van der Waals surface area contributed by atoms with E-state index < -0.39 is 12.0 Å². The minimum atomic E-state index is -0.880. The van der Waals surface area contributed by atoms with Gasteiger partial charge in [0.25, 0.3) is 0 Å². The summed E-state index contributed by atoms with van der Waals surface area (Å²) in [5, 5.41) is 10.2. The number of ether oxygens (including phenoxy) is 1. The van der Waals surface area contributed by atoms with Crippen LogP contribution >= 0.6 is 0 Å². The lowest BCUT2D eigenvalue weighted by molar-refractivity contribution is -0.136. The van der Waals surface area contributed by atoms with E-state index in [1.54, 1.807) is 18.2 Å². The van der Waals surface area contributed by atoms with Crippen molar-refractivity contribution in [1.29, 1.82) is 0 Å². The number of aliphatic hydroxyl groups is 1. The lowest BCUT2D eigenvalue weighted by Gasteiger charge is -2.26. The Morgan fingerprint density at radius 1 is 1.47 bits per heavy atom. The number of carbonyl (C=O) groups excluding carboxylic acids is 1. The molecule has 88 valence electrons. The topological polar surface area (TPSA) is 46.5 Å². The smallest absolute Gasteiger partial charge is 0.143 e. The molecule has 0 radical (unpaired) electrons. The van der Waals surface area contributed by atoms with E-state index in [1.807, 2.05) is 6.07 Å². The van der Waals surface area contributed by atoms with Crippen LogP contribution in [0.5, 0.6) is 0 Å². The molecule has 1 aromatic carbocycles. The molecule has 2 unspecified atom stereocenters. The van der Waals surface area contributed by atoms with Crippen molar-refractivity contribution in [1.82, 2.24) is 0 Å². The number of hydrogen-bond acceptors (Lipinski definition) is 3. The first-order valence-corrected chi connectivity index (χ1v) is 5.58. The summed E-state index contributed by atoms with van der Waals surface area (Å²) in [5.41, 5.74) is 1.25. The van der Waals surface area contributed by atoms with Crippen LogP contribution in [0.25, 0.3) is 0 Å². The molecular formula is C14H14O3. The highest BCUT2D eigenvalue weighted by Crippen LogP contribution is 2.28. The molecule has 1 fully saturated rings. The van der Waals surface area contributed by atoms with Crippen molar-refractivity contribution in [3.63, 3.8) is 0 Å². The Morgan fingerprint density at radius 3 is 2.94 bits per heavy atom. The number of ketones is 1.